The molecule has 2 unspecified atom stereocenters. The lowest BCUT2D eigenvalue weighted by Gasteiger charge is -2.55. The first kappa shape index (κ1) is 22.7. The standard InChI is InChI=1S/C28H33N3O4S/c32-26-3-1-2-25-22-11-21(16-31(25)26)15-30(17-22)36(34,35)24-6-4-23(5-7-24)29-27(33)28-12-18-8-19(13-28)10-20(9-18)14-28/h1-7,18-22H,8-17H2,(H,29,33). The Morgan fingerprint density at radius 1 is 0.833 bits per heavy atom. The lowest BCUT2D eigenvalue weighted by molar-refractivity contribution is -0.140. The van der Waals surface area contributed by atoms with Crippen LogP contribution in [0.15, 0.2) is 52.2 Å². The highest BCUT2D eigenvalue weighted by atomic mass is 32.2. The second kappa shape index (κ2) is 8.02. The van der Waals surface area contributed by atoms with Crippen molar-refractivity contribution in [2.45, 2.75) is 62.3 Å². The Labute approximate surface area is 211 Å². The van der Waals surface area contributed by atoms with E-state index in [0.717, 1.165) is 31.4 Å². The Hall–Kier alpha value is -2.45. The first-order chi connectivity index (χ1) is 17.3. The van der Waals surface area contributed by atoms with Crippen LogP contribution in [0.5, 0.6) is 0 Å². The van der Waals surface area contributed by atoms with Gasteiger partial charge in [0.25, 0.3) is 5.56 Å². The van der Waals surface area contributed by atoms with Crippen LogP contribution in [-0.4, -0.2) is 36.3 Å². The fourth-order valence-electron chi connectivity index (χ4n) is 8.56. The molecule has 1 aromatic heterocycles. The summed E-state index contributed by atoms with van der Waals surface area (Å²) >= 11 is 0. The predicted molar refractivity (Wildman–Crippen MR) is 136 cm³/mol. The van der Waals surface area contributed by atoms with Crippen LogP contribution in [0.2, 0.25) is 0 Å². The number of hydrogen-bond donors (Lipinski definition) is 1. The smallest absolute Gasteiger partial charge is 0.250 e. The van der Waals surface area contributed by atoms with Gasteiger partial charge in [-0.2, -0.15) is 4.31 Å². The summed E-state index contributed by atoms with van der Waals surface area (Å²) in [7, 11) is -3.67. The number of carbonyl (C=O) groups excluding carboxylic acids is 1. The number of aromatic nitrogens is 1. The maximum absolute atomic E-state index is 13.5. The SMILES string of the molecule is O=C(Nc1ccc(S(=O)(=O)N2CC3CC(C2)c2cccc(=O)n2C3)cc1)C12CC3CC(CC(C3)C1)C2. The van der Waals surface area contributed by atoms with Gasteiger partial charge in [0.15, 0.2) is 0 Å². The monoisotopic (exact) mass is 507 g/mol. The summed E-state index contributed by atoms with van der Waals surface area (Å²) in [4.78, 5) is 25.9. The molecular weight excluding hydrogens is 474 g/mol. The van der Waals surface area contributed by atoms with E-state index >= 15 is 0 Å². The number of piperidine rings is 1. The number of anilines is 1. The van der Waals surface area contributed by atoms with Crippen LogP contribution in [0.3, 0.4) is 0 Å². The van der Waals surface area contributed by atoms with E-state index in [1.54, 1.807) is 40.7 Å². The number of nitrogens with one attached hydrogen (secondary N) is 1. The Morgan fingerprint density at radius 3 is 2.17 bits per heavy atom. The second-order valence-electron chi connectivity index (χ2n) is 12.2. The zero-order chi connectivity index (χ0) is 24.7. The fraction of sp³-hybridized carbons (Fsp3) is 0.571. The average Bonchev–Trinajstić information content (AvgIpc) is 2.84. The van der Waals surface area contributed by atoms with Crippen molar-refractivity contribution in [1.29, 1.82) is 0 Å². The summed E-state index contributed by atoms with van der Waals surface area (Å²) in [5, 5.41) is 3.13. The molecule has 8 heteroatoms. The van der Waals surface area contributed by atoms with Crippen molar-refractivity contribution >= 4 is 21.6 Å². The summed E-state index contributed by atoms with van der Waals surface area (Å²) in [6.07, 6.45) is 7.79. The molecule has 1 N–H and O–H groups in total. The number of pyridine rings is 1. The number of nitrogens with zero attached hydrogens (tertiary/aromatic N) is 2. The van der Waals surface area contributed by atoms with Crippen LogP contribution >= 0.6 is 0 Å². The number of fused-ring (bicyclic) bond motifs is 4. The van der Waals surface area contributed by atoms with Crippen molar-refractivity contribution in [1.82, 2.24) is 8.87 Å². The second-order valence-corrected chi connectivity index (χ2v) is 14.1. The molecule has 190 valence electrons. The van der Waals surface area contributed by atoms with Crippen molar-refractivity contribution in [3.8, 4) is 0 Å². The van der Waals surface area contributed by atoms with E-state index in [1.807, 2.05) is 10.6 Å². The lowest BCUT2D eigenvalue weighted by atomic mass is 9.49. The van der Waals surface area contributed by atoms with E-state index in [2.05, 4.69) is 5.32 Å². The Morgan fingerprint density at radius 2 is 1.50 bits per heavy atom. The van der Waals surface area contributed by atoms with Gasteiger partial charge in [0.05, 0.1) is 10.3 Å². The molecule has 6 bridgehead atoms. The minimum Gasteiger partial charge on any atom is -0.326 e. The van der Waals surface area contributed by atoms with Crippen molar-refractivity contribution < 1.29 is 13.2 Å². The molecule has 2 atom stereocenters. The number of carbonyl (C=O) groups is 1. The molecule has 36 heavy (non-hydrogen) atoms. The summed E-state index contributed by atoms with van der Waals surface area (Å²) < 4.78 is 30.4. The molecule has 5 fully saturated rings. The highest BCUT2D eigenvalue weighted by molar-refractivity contribution is 7.89. The predicted octanol–water partition coefficient (Wildman–Crippen LogP) is 3.81. The molecule has 6 aliphatic rings. The Balaban J connectivity index is 1.07. The van der Waals surface area contributed by atoms with Crippen molar-refractivity contribution in [2.75, 3.05) is 18.4 Å². The zero-order valence-corrected chi connectivity index (χ0v) is 21.3. The third kappa shape index (κ3) is 3.59. The van der Waals surface area contributed by atoms with Crippen LogP contribution in [0.4, 0.5) is 5.69 Å². The summed E-state index contributed by atoms with van der Waals surface area (Å²) in [6.45, 7) is 1.36. The third-order valence-electron chi connectivity index (χ3n) is 9.72. The minimum atomic E-state index is -3.67. The summed E-state index contributed by atoms with van der Waals surface area (Å²) in [5.74, 6) is 2.37. The molecule has 0 radical (unpaired) electrons. The molecule has 4 saturated carbocycles. The van der Waals surface area contributed by atoms with Gasteiger partial charge >= 0.3 is 0 Å². The quantitative estimate of drug-likeness (QED) is 0.682. The van der Waals surface area contributed by atoms with Crippen molar-refractivity contribution in [3.05, 3.63) is 58.5 Å². The van der Waals surface area contributed by atoms with Gasteiger partial charge < -0.3 is 9.88 Å². The first-order valence-electron chi connectivity index (χ1n) is 13.4. The molecule has 2 aliphatic heterocycles. The highest BCUT2D eigenvalue weighted by Crippen LogP contribution is 2.60. The number of benzene rings is 1. The average molecular weight is 508 g/mol. The highest BCUT2D eigenvalue weighted by Gasteiger charge is 2.54. The van der Waals surface area contributed by atoms with Crippen LogP contribution < -0.4 is 10.9 Å². The van der Waals surface area contributed by atoms with Crippen LogP contribution in [-0.2, 0) is 21.4 Å². The van der Waals surface area contributed by atoms with Gasteiger partial charge in [-0.25, -0.2) is 8.42 Å². The van der Waals surface area contributed by atoms with E-state index < -0.39 is 10.0 Å². The van der Waals surface area contributed by atoms with Gasteiger partial charge in [0.2, 0.25) is 15.9 Å². The maximum Gasteiger partial charge on any atom is 0.250 e. The van der Waals surface area contributed by atoms with E-state index in [9.17, 15) is 18.0 Å². The topological polar surface area (TPSA) is 88.5 Å². The molecule has 0 spiro atoms. The molecule has 4 aliphatic carbocycles. The van der Waals surface area contributed by atoms with Crippen molar-refractivity contribution in [2.24, 2.45) is 29.1 Å². The van der Waals surface area contributed by atoms with E-state index in [1.165, 1.54) is 19.3 Å². The van der Waals surface area contributed by atoms with Gasteiger partial charge in [-0.1, -0.05) is 6.07 Å². The first-order valence-corrected chi connectivity index (χ1v) is 14.8. The molecular formula is C28H33N3O4S. The Bertz CT molecular complexity index is 1340. The fourth-order valence-corrected chi connectivity index (χ4v) is 10.1. The number of amides is 1. The molecule has 3 heterocycles. The number of rotatable bonds is 4. The lowest BCUT2D eigenvalue weighted by Crippen LogP contribution is -2.51. The van der Waals surface area contributed by atoms with Gasteiger partial charge in [0, 0.05) is 43.0 Å². The largest absolute Gasteiger partial charge is 0.326 e. The summed E-state index contributed by atoms with van der Waals surface area (Å²) in [5.41, 5.74) is 1.35. The van der Waals surface area contributed by atoms with Crippen molar-refractivity contribution in [3.63, 3.8) is 0 Å². The normalized spacial score (nSPS) is 34.8. The summed E-state index contributed by atoms with van der Waals surface area (Å²) in [6, 6.07) is 12.0. The molecule has 1 amide bonds. The molecule has 1 saturated heterocycles. The zero-order valence-electron chi connectivity index (χ0n) is 20.4. The van der Waals surface area contributed by atoms with Gasteiger partial charge in [0.1, 0.15) is 0 Å². The molecule has 8 rings (SSSR count). The minimum absolute atomic E-state index is 0.00955. The molecule has 2 aromatic rings. The van der Waals surface area contributed by atoms with Gasteiger partial charge in [-0.3, -0.25) is 9.59 Å². The van der Waals surface area contributed by atoms with Crippen LogP contribution in [0, 0.1) is 29.1 Å². The number of sulfonamides is 1. The van der Waals surface area contributed by atoms with Gasteiger partial charge in [-0.05, 0) is 98.9 Å². The third-order valence-corrected chi connectivity index (χ3v) is 11.6. The van der Waals surface area contributed by atoms with E-state index in [-0.39, 0.29) is 33.6 Å². The van der Waals surface area contributed by atoms with E-state index in [0.29, 0.717) is 43.1 Å². The van der Waals surface area contributed by atoms with E-state index in [4.69, 9.17) is 0 Å². The van der Waals surface area contributed by atoms with Crippen LogP contribution in [0.1, 0.15) is 56.6 Å². The van der Waals surface area contributed by atoms with Gasteiger partial charge in [-0.15, -0.1) is 0 Å². The Kier molecular flexibility index (Phi) is 5.06. The molecule has 7 nitrogen and oxygen atoms in total. The van der Waals surface area contributed by atoms with Crippen LogP contribution in [0.25, 0.3) is 0 Å². The maximum atomic E-state index is 13.5. The molecule has 1 aromatic carbocycles. The number of hydrogen-bond acceptors (Lipinski definition) is 4.